The maximum absolute atomic E-state index is 11.4. The first kappa shape index (κ1) is 21.1. The highest BCUT2D eigenvalue weighted by Crippen LogP contribution is 2.20. The van der Waals surface area contributed by atoms with E-state index in [1.807, 2.05) is 44.2 Å². The molecular formula is C17H25N5O4. The first-order valence-electron chi connectivity index (χ1n) is 8.10. The zero-order valence-corrected chi connectivity index (χ0v) is 15.0. The molecule has 0 saturated heterocycles. The van der Waals surface area contributed by atoms with Crippen molar-refractivity contribution in [2.24, 2.45) is 17.4 Å². The Morgan fingerprint density at radius 1 is 1.23 bits per heavy atom. The quantitative estimate of drug-likeness (QED) is 0.576. The summed E-state index contributed by atoms with van der Waals surface area (Å²) in [5.74, 6) is -0.707. The summed E-state index contributed by atoms with van der Waals surface area (Å²) in [5, 5.41) is 18.1. The second-order valence-electron chi connectivity index (χ2n) is 6.08. The molecule has 0 aliphatic heterocycles. The zero-order chi connectivity index (χ0) is 19.7. The van der Waals surface area contributed by atoms with E-state index in [0.717, 1.165) is 12.5 Å². The van der Waals surface area contributed by atoms with Crippen molar-refractivity contribution in [3.63, 3.8) is 0 Å². The van der Waals surface area contributed by atoms with Crippen molar-refractivity contribution in [3.8, 4) is 0 Å². The van der Waals surface area contributed by atoms with Crippen LogP contribution in [0.2, 0.25) is 0 Å². The summed E-state index contributed by atoms with van der Waals surface area (Å²) in [6, 6.07) is 8.52. The van der Waals surface area contributed by atoms with Gasteiger partial charge in [0.1, 0.15) is 12.1 Å². The van der Waals surface area contributed by atoms with E-state index in [2.05, 4.69) is 15.5 Å². The number of anilines is 1. The molecule has 6 N–H and O–H groups in total. The summed E-state index contributed by atoms with van der Waals surface area (Å²) in [4.78, 5) is 20.4. The number of carboxylic acids is 1. The number of nitrogens with two attached hydrogens (primary N) is 2. The van der Waals surface area contributed by atoms with E-state index >= 15 is 0 Å². The number of nitrogens with one attached hydrogen (secondary N) is 1. The fourth-order valence-corrected chi connectivity index (χ4v) is 2.09. The Balaban J connectivity index is 0.000000765. The molecule has 2 rings (SSSR count). The Kier molecular flexibility index (Phi) is 8.23. The lowest BCUT2D eigenvalue weighted by atomic mass is 10.0. The Bertz CT molecular complexity index is 698. The van der Waals surface area contributed by atoms with Crippen LogP contribution in [-0.4, -0.2) is 33.2 Å². The number of carboxylic acid groups (broad SMARTS) is 1. The fourth-order valence-electron chi connectivity index (χ4n) is 2.09. The van der Waals surface area contributed by atoms with Crippen LogP contribution in [0.15, 0.2) is 34.7 Å². The van der Waals surface area contributed by atoms with Gasteiger partial charge in [0.05, 0.1) is 0 Å². The summed E-state index contributed by atoms with van der Waals surface area (Å²) in [6.45, 7) is 5.09. The molecule has 0 aliphatic carbocycles. The predicted molar refractivity (Wildman–Crippen MR) is 96.1 cm³/mol. The van der Waals surface area contributed by atoms with E-state index in [1.54, 1.807) is 0 Å². The number of hydrogen-bond acceptors (Lipinski definition) is 7. The number of nitrogens with zero attached hydrogens (tertiary/aromatic N) is 2. The number of hydrogen-bond donors (Lipinski definition) is 4. The molecule has 0 bridgehead atoms. The summed E-state index contributed by atoms with van der Waals surface area (Å²) in [7, 11) is 0. The van der Waals surface area contributed by atoms with Gasteiger partial charge < -0.3 is 26.3 Å². The minimum Gasteiger partial charge on any atom is -0.481 e. The van der Waals surface area contributed by atoms with E-state index in [1.165, 1.54) is 0 Å². The molecule has 0 radical (unpaired) electrons. The molecule has 0 aliphatic rings. The highest BCUT2D eigenvalue weighted by Gasteiger charge is 2.21. The van der Waals surface area contributed by atoms with Gasteiger partial charge in [0.15, 0.2) is 0 Å². The van der Waals surface area contributed by atoms with Gasteiger partial charge in [0.25, 0.3) is 5.97 Å². The first-order chi connectivity index (χ1) is 12.2. The number of amides is 1. The normalized spacial score (nSPS) is 12.7. The molecule has 2 atom stereocenters. The standard InChI is InChI=1S/C15H21N5O2.C2H4O2/c1-9(2)8-11(13(17)21)18-15-20-19-14(22-15)12(16)10-6-4-3-5-7-10;1-2(3)4/h3-7,9,11-12H,8,16H2,1-2H3,(H2,17,21)(H,18,20);1H3,(H,3,4)/t11-,12+;/m0./s1. The Morgan fingerprint density at radius 2 is 1.81 bits per heavy atom. The van der Waals surface area contributed by atoms with Crippen molar-refractivity contribution in [1.29, 1.82) is 0 Å². The average Bonchev–Trinajstić information content (AvgIpc) is 3.02. The van der Waals surface area contributed by atoms with Crippen LogP contribution >= 0.6 is 0 Å². The molecular weight excluding hydrogens is 338 g/mol. The molecule has 0 fully saturated rings. The third-order valence-corrected chi connectivity index (χ3v) is 3.21. The smallest absolute Gasteiger partial charge is 0.316 e. The van der Waals surface area contributed by atoms with Crippen LogP contribution in [0.25, 0.3) is 0 Å². The summed E-state index contributed by atoms with van der Waals surface area (Å²) < 4.78 is 5.50. The summed E-state index contributed by atoms with van der Waals surface area (Å²) >= 11 is 0. The van der Waals surface area contributed by atoms with Crippen molar-refractivity contribution in [2.75, 3.05) is 5.32 Å². The highest BCUT2D eigenvalue weighted by atomic mass is 16.4. The molecule has 1 amide bonds. The number of primary amides is 1. The monoisotopic (exact) mass is 363 g/mol. The SMILES string of the molecule is CC(=O)O.CC(C)C[C@H](Nc1nnc([C@H](N)c2ccccc2)o1)C(N)=O. The lowest BCUT2D eigenvalue weighted by Gasteiger charge is -2.15. The lowest BCUT2D eigenvalue weighted by Crippen LogP contribution is -2.36. The molecule has 26 heavy (non-hydrogen) atoms. The third-order valence-electron chi connectivity index (χ3n) is 3.21. The summed E-state index contributed by atoms with van der Waals surface area (Å²) in [5.41, 5.74) is 12.3. The Labute approximate surface area is 151 Å². The van der Waals surface area contributed by atoms with Crippen LogP contribution in [-0.2, 0) is 9.59 Å². The van der Waals surface area contributed by atoms with Crippen molar-refractivity contribution in [3.05, 3.63) is 41.8 Å². The number of rotatable bonds is 7. The Morgan fingerprint density at radius 3 is 2.31 bits per heavy atom. The van der Waals surface area contributed by atoms with Crippen LogP contribution in [0.1, 0.15) is 44.7 Å². The highest BCUT2D eigenvalue weighted by molar-refractivity contribution is 5.82. The molecule has 0 spiro atoms. The van der Waals surface area contributed by atoms with Gasteiger partial charge in [-0.05, 0) is 17.9 Å². The molecule has 1 aromatic heterocycles. The molecule has 142 valence electrons. The van der Waals surface area contributed by atoms with Crippen molar-refractivity contribution < 1.29 is 19.1 Å². The minimum absolute atomic E-state index is 0.144. The molecule has 9 nitrogen and oxygen atoms in total. The van der Waals surface area contributed by atoms with Gasteiger partial charge >= 0.3 is 6.01 Å². The molecule has 2 aromatic rings. The third kappa shape index (κ3) is 7.31. The first-order valence-corrected chi connectivity index (χ1v) is 8.10. The molecule has 0 unspecified atom stereocenters. The summed E-state index contributed by atoms with van der Waals surface area (Å²) in [6.07, 6.45) is 0.581. The van der Waals surface area contributed by atoms with E-state index in [0.29, 0.717) is 12.3 Å². The molecule has 1 heterocycles. The topological polar surface area (TPSA) is 157 Å². The van der Waals surface area contributed by atoms with Crippen LogP contribution in [0, 0.1) is 5.92 Å². The van der Waals surface area contributed by atoms with Gasteiger partial charge in [-0.15, -0.1) is 5.10 Å². The molecule has 1 aromatic carbocycles. The van der Waals surface area contributed by atoms with Gasteiger partial charge in [-0.25, -0.2) is 0 Å². The Hall–Kier alpha value is -2.94. The number of carbonyl (C=O) groups excluding carboxylic acids is 1. The second kappa shape index (κ2) is 10.1. The average molecular weight is 363 g/mol. The number of carbonyl (C=O) groups is 2. The largest absolute Gasteiger partial charge is 0.481 e. The van der Waals surface area contributed by atoms with E-state index in [-0.39, 0.29) is 11.9 Å². The van der Waals surface area contributed by atoms with Gasteiger partial charge in [0, 0.05) is 6.92 Å². The van der Waals surface area contributed by atoms with Crippen molar-refractivity contribution in [1.82, 2.24) is 10.2 Å². The van der Waals surface area contributed by atoms with Crippen LogP contribution in [0.3, 0.4) is 0 Å². The van der Waals surface area contributed by atoms with E-state index in [9.17, 15) is 4.79 Å². The van der Waals surface area contributed by atoms with Gasteiger partial charge in [-0.2, -0.15) is 0 Å². The van der Waals surface area contributed by atoms with E-state index in [4.69, 9.17) is 25.8 Å². The van der Waals surface area contributed by atoms with Crippen molar-refractivity contribution >= 4 is 17.9 Å². The zero-order valence-electron chi connectivity index (χ0n) is 15.0. The van der Waals surface area contributed by atoms with Crippen LogP contribution < -0.4 is 16.8 Å². The number of benzene rings is 1. The van der Waals surface area contributed by atoms with Crippen LogP contribution in [0.4, 0.5) is 6.01 Å². The lowest BCUT2D eigenvalue weighted by molar-refractivity contribution is -0.134. The van der Waals surface area contributed by atoms with E-state index < -0.39 is 24.0 Å². The number of aromatic nitrogens is 2. The van der Waals surface area contributed by atoms with Gasteiger partial charge in [-0.3, -0.25) is 9.59 Å². The second-order valence-corrected chi connectivity index (χ2v) is 6.08. The maximum atomic E-state index is 11.4. The fraction of sp³-hybridized carbons (Fsp3) is 0.412. The molecule has 0 saturated carbocycles. The van der Waals surface area contributed by atoms with Crippen molar-refractivity contribution in [2.45, 2.75) is 39.3 Å². The van der Waals surface area contributed by atoms with Crippen LogP contribution in [0.5, 0.6) is 0 Å². The predicted octanol–water partition coefficient (Wildman–Crippen LogP) is 1.52. The van der Waals surface area contributed by atoms with Gasteiger partial charge in [0.2, 0.25) is 11.8 Å². The van der Waals surface area contributed by atoms with Gasteiger partial charge in [-0.1, -0.05) is 49.3 Å². The molecule has 9 heteroatoms. The maximum Gasteiger partial charge on any atom is 0.316 e. The minimum atomic E-state index is -0.833. The number of aliphatic carboxylic acids is 1.